The van der Waals surface area contributed by atoms with E-state index in [1.807, 2.05) is 23.2 Å². The summed E-state index contributed by atoms with van der Waals surface area (Å²) in [6.45, 7) is 1.76. The topological polar surface area (TPSA) is 44.9 Å². The first-order valence-electron chi connectivity index (χ1n) is 7.62. The first kappa shape index (κ1) is 13.3. The molecule has 3 aromatic rings. The van der Waals surface area contributed by atoms with Crippen LogP contribution in [-0.2, 0) is 11.3 Å². The molecule has 1 fully saturated rings. The van der Waals surface area contributed by atoms with Crippen LogP contribution < -0.4 is 0 Å². The van der Waals surface area contributed by atoms with Gasteiger partial charge in [-0.3, -0.25) is 0 Å². The van der Waals surface area contributed by atoms with E-state index in [0.29, 0.717) is 6.10 Å². The summed E-state index contributed by atoms with van der Waals surface area (Å²) in [6, 6.07) is 8.37. The second kappa shape index (κ2) is 5.77. The summed E-state index contributed by atoms with van der Waals surface area (Å²) in [6.07, 6.45) is 12.0. The molecule has 0 unspecified atom stereocenters. The van der Waals surface area contributed by atoms with Crippen LogP contribution >= 0.6 is 0 Å². The van der Waals surface area contributed by atoms with Crippen molar-refractivity contribution in [3.63, 3.8) is 0 Å². The number of rotatable bonds is 4. The highest BCUT2D eigenvalue weighted by molar-refractivity contribution is 5.57. The highest BCUT2D eigenvalue weighted by atomic mass is 16.5. The molecule has 0 N–H and O–H groups in total. The SMILES string of the molecule is c1cn(-c2ccc(-c3nccn3C[C@@H]3CCCO3)cc2)cn1. The Bertz CT molecular complexity index is 724. The Hall–Kier alpha value is -2.40. The average Bonchev–Trinajstić information content (AvgIpc) is 3.31. The first-order valence-corrected chi connectivity index (χ1v) is 7.62. The van der Waals surface area contributed by atoms with Crippen LogP contribution in [0.3, 0.4) is 0 Å². The summed E-state index contributed by atoms with van der Waals surface area (Å²) in [4.78, 5) is 8.58. The van der Waals surface area contributed by atoms with E-state index in [-0.39, 0.29) is 0 Å². The first-order chi connectivity index (χ1) is 10.9. The van der Waals surface area contributed by atoms with E-state index < -0.39 is 0 Å². The van der Waals surface area contributed by atoms with E-state index in [1.54, 1.807) is 12.5 Å². The number of nitrogens with zero attached hydrogens (tertiary/aromatic N) is 4. The normalized spacial score (nSPS) is 17.9. The second-order valence-electron chi connectivity index (χ2n) is 5.56. The summed E-state index contributed by atoms with van der Waals surface area (Å²) in [7, 11) is 0. The molecule has 22 heavy (non-hydrogen) atoms. The van der Waals surface area contributed by atoms with Crippen molar-refractivity contribution in [2.45, 2.75) is 25.5 Å². The zero-order valence-corrected chi connectivity index (χ0v) is 12.3. The Balaban J connectivity index is 1.58. The lowest BCUT2D eigenvalue weighted by atomic mass is 10.2. The summed E-state index contributed by atoms with van der Waals surface area (Å²) in [5, 5.41) is 0. The minimum Gasteiger partial charge on any atom is -0.376 e. The molecule has 0 radical (unpaired) electrons. The molecule has 1 aliphatic heterocycles. The molecule has 5 heteroatoms. The van der Waals surface area contributed by atoms with Crippen molar-refractivity contribution in [1.29, 1.82) is 0 Å². The van der Waals surface area contributed by atoms with E-state index >= 15 is 0 Å². The zero-order valence-electron chi connectivity index (χ0n) is 12.3. The van der Waals surface area contributed by atoms with E-state index in [9.17, 15) is 0 Å². The summed E-state index contributed by atoms with van der Waals surface area (Å²) < 4.78 is 9.90. The minimum absolute atomic E-state index is 0.318. The van der Waals surface area contributed by atoms with Crippen LogP contribution in [0.15, 0.2) is 55.4 Å². The molecule has 1 saturated heterocycles. The maximum atomic E-state index is 5.73. The molecule has 3 heterocycles. The second-order valence-corrected chi connectivity index (χ2v) is 5.56. The van der Waals surface area contributed by atoms with Gasteiger partial charge in [0.25, 0.3) is 0 Å². The van der Waals surface area contributed by atoms with Crippen molar-refractivity contribution >= 4 is 0 Å². The third kappa shape index (κ3) is 2.55. The molecule has 1 aliphatic rings. The molecule has 1 aromatic carbocycles. The van der Waals surface area contributed by atoms with Gasteiger partial charge < -0.3 is 13.9 Å². The molecule has 0 aliphatic carbocycles. The van der Waals surface area contributed by atoms with Gasteiger partial charge in [-0.1, -0.05) is 0 Å². The van der Waals surface area contributed by atoms with Gasteiger partial charge in [0.15, 0.2) is 0 Å². The van der Waals surface area contributed by atoms with E-state index in [4.69, 9.17) is 4.74 Å². The molecule has 0 bridgehead atoms. The van der Waals surface area contributed by atoms with Crippen molar-refractivity contribution in [3.05, 3.63) is 55.4 Å². The molecule has 0 amide bonds. The third-order valence-electron chi connectivity index (χ3n) is 4.07. The zero-order chi connectivity index (χ0) is 14.8. The lowest BCUT2D eigenvalue weighted by molar-refractivity contribution is 0.0974. The number of ether oxygens (including phenoxy) is 1. The van der Waals surface area contributed by atoms with Gasteiger partial charge in [0, 0.05) is 42.6 Å². The highest BCUT2D eigenvalue weighted by Crippen LogP contribution is 2.22. The Morgan fingerprint density at radius 2 is 2.05 bits per heavy atom. The summed E-state index contributed by atoms with van der Waals surface area (Å²) in [5.74, 6) is 0.993. The van der Waals surface area contributed by atoms with Crippen LogP contribution in [0.4, 0.5) is 0 Å². The highest BCUT2D eigenvalue weighted by Gasteiger charge is 2.17. The molecule has 5 nitrogen and oxygen atoms in total. The van der Waals surface area contributed by atoms with Gasteiger partial charge in [0.1, 0.15) is 5.82 Å². The predicted molar refractivity (Wildman–Crippen MR) is 83.8 cm³/mol. The quantitative estimate of drug-likeness (QED) is 0.743. The Morgan fingerprint density at radius 3 is 2.77 bits per heavy atom. The molecule has 2 aromatic heterocycles. The third-order valence-corrected chi connectivity index (χ3v) is 4.07. The van der Waals surface area contributed by atoms with E-state index in [0.717, 1.165) is 43.1 Å². The number of hydrogen-bond acceptors (Lipinski definition) is 3. The van der Waals surface area contributed by atoms with Crippen molar-refractivity contribution in [2.24, 2.45) is 0 Å². The van der Waals surface area contributed by atoms with Crippen LogP contribution in [0.25, 0.3) is 17.1 Å². The number of imidazole rings is 2. The van der Waals surface area contributed by atoms with Gasteiger partial charge in [0.2, 0.25) is 0 Å². The fourth-order valence-corrected chi connectivity index (χ4v) is 2.92. The van der Waals surface area contributed by atoms with Crippen molar-refractivity contribution in [2.75, 3.05) is 6.61 Å². The molecule has 1 atom stereocenters. The standard InChI is InChI=1S/C17H18N4O/c1-2-16(22-11-1)12-20-10-8-19-17(20)14-3-5-15(6-4-14)21-9-7-18-13-21/h3-10,13,16H,1-2,11-12H2/t16-/m0/s1. The maximum Gasteiger partial charge on any atom is 0.139 e. The van der Waals surface area contributed by atoms with Crippen molar-refractivity contribution < 1.29 is 4.74 Å². The average molecular weight is 294 g/mol. The van der Waals surface area contributed by atoms with Crippen molar-refractivity contribution in [3.8, 4) is 17.1 Å². The maximum absolute atomic E-state index is 5.73. The Labute approximate surface area is 129 Å². The molecule has 0 spiro atoms. The van der Waals surface area contributed by atoms with Gasteiger partial charge in [-0.25, -0.2) is 9.97 Å². The van der Waals surface area contributed by atoms with E-state index in [2.05, 4.69) is 38.8 Å². The molecular weight excluding hydrogens is 276 g/mol. The van der Waals surface area contributed by atoms with Gasteiger partial charge in [0.05, 0.1) is 19.0 Å². The number of aromatic nitrogens is 4. The minimum atomic E-state index is 0.318. The van der Waals surface area contributed by atoms with Gasteiger partial charge in [-0.05, 0) is 37.1 Å². The lowest BCUT2D eigenvalue weighted by Gasteiger charge is -2.13. The number of hydrogen-bond donors (Lipinski definition) is 0. The van der Waals surface area contributed by atoms with Crippen LogP contribution in [0, 0.1) is 0 Å². The molecule has 4 rings (SSSR count). The molecule has 0 saturated carbocycles. The Morgan fingerprint density at radius 1 is 1.14 bits per heavy atom. The van der Waals surface area contributed by atoms with Gasteiger partial charge in [-0.2, -0.15) is 0 Å². The molecular formula is C17H18N4O. The van der Waals surface area contributed by atoms with Crippen LogP contribution in [-0.4, -0.2) is 31.8 Å². The fourth-order valence-electron chi connectivity index (χ4n) is 2.92. The van der Waals surface area contributed by atoms with Gasteiger partial charge >= 0.3 is 0 Å². The lowest BCUT2D eigenvalue weighted by Crippen LogP contribution is -2.15. The van der Waals surface area contributed by atoms with Crippen molar-refractivity contribution in [1.82, 2.24) is 19.1 Å². The van der Waals surface area contributed by atoms with Gasteiger partial charge in [-0.15, -0.1) is 0 Å². The Kier molecular flexibility index (Phi) is 3.48. The van der Waals surface area contributed by atoms with Crippen LogP contribution in [0.2, 0.25) is 0 Å². The fraction of sp³-hybridized carbons (Fsp3) is 0.294. The van der Waals surface area contributed by atoms with E-state index in [1.165, 1.54) is 0 Å². The van der Waals surface area contributed by atoms with Crippen LogP contribution in [0.5, 0.6) is 0 Å². The predicted octanol–water partition coefficient (Wildman–Crippen LogP) is 2.91. The summed E-state index contributed by atoms with van der Waals surface area (Å²) >= 11 is 0. The van der Waals surface area contributed by atoms with Crippen LogP contribution in [0.1, 0.15) is 12.8 Å². The summed E-state index contributed by atoms with van der Waals surface area (Å²) in [5.41, 5.74) is 2.21. The largest absolute Gasteiger partial charge is 0.376 e. The smallest absolute Gasteiger partial charge is 0.139 e. The number of benzene rings is 1. The monoisotopic (exact) mass is 294 g/mol. The molecule has 112 valence electrons.